The number of nitrogen functional groups attached to an aromatic ring is 1. The van der Waals surface area contributed by atoms with E-state index in [9.17, 15) is 4.79 Å². The molecule has 6 nitrogen and oxygen atoms in total. The molecule has 0 spiro atoms. The van der Waals surface area contributed by atoms with Gasteiger partial charge in [-0.25, -0.2) is 9.97 Å². The smallest absolute Gasteiger partial charge is 0.284 e. The lowest BCUT2D eigenvalue weighted by atomic mass is 10.1. The molecule has 0 bridgehead atoms. The third-order valence-electron chi connectivity index (χ3n) is 3.58. The van der Waals surface area contributed by atoms with E-state index in [4.69, 9.17) is 22.1 Å². The Bertz CT molecular complexity index is 944. The van der Waals surface area contributed by atoms with E-state index in [1.54, 1.807) is 12.3 Å². The number of rotatable bonds is 5. The van der Waals surface area contributed by atoms with Crippen molar-refractivity contribution in [2.24, 2.45) is 0 Å². The fourth-order valence-electron chi connectivity index (χ4n) is 2.30. The second-order valence-corrected chi connectivity index (χ2v) is 7.32. The van der Waals surface area contributed by atoms with Crippen LogP contribution in [0.3, 0.4) is 0 Å². The zero-order chi connectivity index (χ0) is 18.7. The van der Waals surface area contributed by atoms with E-state index in [2.05, 4.69) is 15.3 Å². The lowest BCUT2D eigenvalue weighted by Gasteiger charge is -2.17. The molecule has 0 radical (unpaired) electrons. The van der Waals surface area contributed by atoms with Crippen LogP contribution in [0.1, 0.15) is 33.3 Å². The summed E-state index contributed by atoms with van der Waals surface area (Å²) >= 11 is 7.29. The number of carbonyl (C=O) groups is 1. The molecule has 1 atom stereocenters. The lowest BCUT2D eigenvalue weighted by Crippen LogP contribution is -2.12. The van der Waals surface area contributed by atoms with Gasteiger partial charge in [0.15, 0.2) is 16.6 Å². The summed E-state index contributed by atoms with van der Waals surface area (Å²) in [4.78, 5) is 21.3. The topological polar surface area (TPSA) is 90.1 Å². The van der Waals surface area contributed by atoms with Crippen LogP contribution < -0.4 is 15.8 Å². The van der Waals surface area contributed by atoms with Gasteiger partial charge in [-0.1, -0.05) is 23.7 Å². The maximum atomic E-state index is 12.2. The van der Waals surface area contributed by atoms with Crippen molar-refractivity contribution in [2.75, 3.05) is 11.1 Å². The molecule has 0 aliphatic heterocycles. The number of nitrogens with zero attached hydrogens (tertiary/aromatic N) is 2. The minimum atomic E-state index is -0.309. The van der Waals surface area contributed by atoms with Gasteiger partial charge in [-0.05, 0) is 31.5 Å². The second kappa shape index (κ2) is 7.72. The molecule has 3 rings (SSSR count). The SMILES string of the molecule is Cc1cnc(C(=O)Nc2cccc([C@@H](C)Oc3cc(Cl)cnc3N)c2)s1. The molecule has 0 saturated carbocycles. The predicted molar refractivity (Wildman–Crippen MR) is 104 cm³/mol. The number of anilines is 2. The first-order valence-electron chi connectivity index (χ1n) is 7.84. The minimum Gasteiger partial charge on any atom is -0.482 e. The van der Waals surface area contributed by atoms with Crippen LogP contribution in [0.4, 0.5) is 11.5 Å². The lowest BCUT2D eigenvalue weighted by molar-refractivity contribution is 0.102. The van der Waals surface area contributed by atoms with Crippen LogP contribution in [0.15, 0.2) is 42.7 Å². The van der Waals surface area contributed by atoms with Gasteiger partial charge >= 0.3 is 0 Å². The number of halogens is 1. The van der Waals surface area contributed by atoms with Crippen LogP contribution in [0.25, 0.3) is 0 Å². The van der Waals surface area contributed by atoms with Gasteiger partial charge in [-0.2, -0.15) is 0 Å². The fourth-order valence-corrected chi connectivity index (χ4v) is 3.11. The van der Waals surface area contributed by atoms with Crippen molar-refractivity contribution in [3.8, 4) is 5.75 Å². The van der Waals surface area contributed by atoms with Gasteiger partial charge < -0.3 is 15.8 Å². The zero-order valence-corrected chi connectivity index (χ0v) is 15.8. The predicted octanol–water partition coefficient (Wildman–Crippen LogP) is 4.47. The van der Waals surface area contributed by atoms with E-state index < -0.39 is 0 Å². The first-order valence-corrected chi connectivity index (χ1v) is 9.03. The molecule has 3 N–H and O–H groups in total. The van der Waals surface area contributed by atoms with E-state index in [0.29, 0.717) is 21.5 Å². The number of hydrogen-bond donors (Lipinski definition) is 2. The van der Waals surface area contributed by atoms with Crippen LogP contribution in [-0.4, -0.2) is 15.9 Å². The van der Waals surface area contributed by atoms with E-state index in [1.807, 2.05) is 38.1 Å². The van der Waals surface area contributed by atoms with Gasteiger partial charge in [0.1, 0.15) is 6.10 Å². The number of hydrogen-bond acceptors (Lipinski definition) is 6. The highest BCUT2D eigenvalue weighted by Gasteiger charge is 2.14. The summed E-state index contributed by atoms with van der Waals surface area (Å²) in [7, 11) is 0. The first kappa shape index (κ1) is 18.2. The van der Waals surface area contributed by atoms with Crippen molar-refractivity contribution in [1.82, 2.24) is 9.97 Å². The van der Waals surface area contributed by atoms with Gasteiger partial charge in [-0.15, -0.1) is 11.3 Å². The molecule has 2 heterocycles. The van der Waals surface area contributed by atoms with E-state index >= 15 is 0 Å². The van der Waals surface area contributed by atoms with Crippen LogP contribution in [0.2, 0.25) is 5.02 Å². The molecule has 1 amide bonds. The van der Waals surface area contributed by atoms with Gasteiger partial charge in [-0.3, -0.25) is 4.79 Å². The standard InChI is InChI=1S/C18H17ClN4O2S/c1-10-8-22-18(26-10)17(24)23-14-5-3-4-12(6-14)11(2)25-15-7-13(19)9-21-16(15)20/h3-9,11H,1-2H3,(H2,20,21)(H,23,24)/t11-/m1/s1. The molecule has 2 aromatic heterocycles. The maximum absolute atomic E-state index is 12.2. The summed E-state index contributed by atoms with van der Waals surface area (Å²) in [5.41, 5.74) is 7.35. The highest BCUT2D eigenvalue weighted by Crippen LogP contribution is 2.29. The van der Waals surface area contributed by atoms with Crippen molar-refractivity contribution in [1.29, 1.82) is 0 Å². The molecule has 0 aliphatic carbocycles. The van der Waals surface area contributed by atoms with Crippen molar-refractivity contribution in [3.05, 3.63) is 63.2 Å². The first-order chi connectivity index (χ1) is 12.4. The van der Waals surface area contributed by atoms with Crippen LogP contribution in [-0.2, 0) is 0 Å². The Kier molecular flexibility index (Phi) is 5.39. The molecule has 0 unspecified atom stereocenters. The van der Waals surface area contributed by atoms with Gasteiger partial charge in [0, 0.05) is 29.0 Å². The summed E-state index contributed by atoms with van der Waals surface area (Å²) in [5, 5.41) is 3.72. The van der Waals surface area contributed by atoms with E-state index in [1.165, 1.54) is 17.5 Å². The molecule has 134 valence electrons. The highest BCUT2D eigenvalue weighted by molar-refractivity contribution is 7.13. The normalized spacial score (nSPS) is 11.8. The quantitative estimate of drug-likeness (QED) is 0.672. The molecule has 1 aromatic carbocycles. The zero-order valence-electron chi connectivity index (χ0n) is 14.2. The van der Waals surface area contributed by atoms with Crippen LogP contribution in [0, 0.1) is 6.92 Å². The minimum absolute atomic E-state index is 0.239. The van der Waals surface area contributed by atoms with E-state index in [-0.39, 0.29) is 17.8 Å². The summed E-state index contributed by atoms with van der Waals surface area (Å²) in [6.07, 6.45) is 2.83. The number of pyridine rings is 1. The molecule has 8 heteroatoms. The number of thiazole rings is 1. The van der Waals surface area contributed by atoms with Crippen molar-refractivity contribution < 1.29 is 9.53 Å². The Balaban J connectivity index is 1.74. The second-order valence-electron chi connectivity index (χ2n) is 5.65. The number of carbonyl (C=O) groups excluding carboxylic acids is 1. The average molecular weight is 389 g/mol. The summed E-state index contributed by atoms with van der Waals surface area (Å²) in [6, 6.07) is 9.03. The molecule has 3 aromatic rings. The third-order valence-corrected chi connectivity index (χ3v) is 4.70. The Labute approximate surface area is 160 Å². The number of benzene rings is 1. The number of nitrogens with one attached hydrogen (secondary N) is 1. The van der Waals surface area contributed by atoms with Crippen molar-refractivity contribution in [3.63, 3.8) is 0 Å². The monoisotopic (exact) mass is 388 g/mol. The van der Waals surface area contributed by atoms with Crippen LogP contribution in [0.5, 0.6) is 5.75 Å². The summed E-state index contributed by atoms with van der Waals surface area (Å²) in [6.45, 7) is 3.79. The van der Waals surface area contributed by atoms with Gasteiger partial charge in [0.05, 0.1) is 5.02 Å². The van der Waals surface area contributed by atoms with Gasteiger partial charge in [0.25, 0.3) is 5.91 Å². The third kappa shape index (κ3) is 4.30. The number of aryl methyl sites for hydroxylation is 1. The number of nitrogens with two attached hydrogens (primary N) is 1. The molecule has 0 fully saturated rings. The average Bonchev–Trinajstić information content (AvgIpc) is 3.05. The molecule has 26 heavy (non-hydrogen) atoms. The van der Waals surface area contributed by atoms with Crippen molar-refractivity contribution in [2.45, 2.75) is 20.0 Å². The van der Waals surface area contributed by atoms with E-state index in [0.717, 1.165) is 10.4 Å². The van der Waals surface area contributed by atoms with Crippen LogP contribution >= 0.6 is 22.9 Å². The summed E-state index contributed by atoms with van der Waals surface area (Å²) < 4.78 is 5.87. The Morgan fingerprint density at radius 2 is 2.12 bits per heavy atom. The molecular weight excluding hydrogens is 372 g/mol. The number of aromatic nitrogens is 2. The molecular formula is C18H17ClN4O2S. The maximum Gasteiger partial charge on any atom is 0.284 e. The number of ether oxygens (including phenoxy) is 1. The van der Waals surface area contributed by atoms with Gasteiger partial charge in [0.2, 0.25) is 0 Å². The van der Waals surface area contributed by atoms with Crippen molar-refractivity contribution >= 4 is 40.4 Å². The largest absolute Gasteiger partial charge is 0.482 e. The number of amides is 1. The summed E-state index contributed by atoms with van der Waals surface area (Å²) in [5.74, 6) is 0.444. The Morgan fingerprint density at radius 3 is 2.85 bits per heavy atom. The molecule has 0 saturated heterocycles. The molecule has 0 aliphatic rings. The Hall–Kier alpha value is -2.64. The Morgan fingerprint density at radius 1 is 1.31 bits per heavy atom. The highest BCUT2D eigenvalue weighted by atomic mass is 35.5. The fraction of sp³-hybridized carbons (Fsp3) is 0.167.